The highest BCUT2D eigenvalue weighted by Gasteiger charge is 2.34. The Morgan fingerprint density at radius 2 is 2.23 bits per heavy atom. The minimum atomic E-state index is -0.813. The Hall–Kier alpha value is -2.54. The van der Waals surface area contributed by atoms with Gasteiger partial charge in [-0.15, -0.1) is 0 Å². The molecular formula is C19H21F2N3O2. The number of ether oxygens (including phenoxy) is 1. The smallest absolute Gasteiger partial charge is 0.227 e. The van der Waals surface area contributed by atoms with Crippen LogP contribution in [-0.4, -0.2) is 24.0 Å². The molecule has 0 radical (unpaired) electrons. The van der Waals surface area contributed by atoms with Crippen LogP contribution >= 0.6 is 0 Å². The summed E-state index contributed by atoms with van der Waals surface area (Å²) in [6.45, 7) is 3.70. The van der Waals surface area contributed by atoms with E-state index in [2.05, 4.69) is 15.6 Å². The number of rotatable bonds is 5. The Kier molecular flexibility index (Phi) is 5.46. The molecule has 1 aliphatic rings. The highest BCUT2D eigenvalue weighted by molar-refractivity contribution is 5.82. The number of carbonyl (C=O) groups excluding carboxylic acids is 1. The maximum atomic E-state index is 13.8. The first kappa shape index (κ1) is 18.3. The molecule has 0 bridgehead atoms. The molecule has 1 amide bonds. The van der Waals surface area contributed by atoms with Gasteiger partial charge in [-0.05, 0) is 44.5 Å². The first-order chi connectivity index (χ1) is 12.5. The Morgan fingerprint density at radius 3 is 2.96 bits per heavy atom. The number of hydrogen-bond donors (Lipinski definition) is 2. The summed E-state index contributed by atoms with van der Waals surface area (Å²) in [5, 5.41) is 6.15. The minimum Gasteiger partial charge on any atom is -0.436 e. The van der Waals surface area contributed by atoms with Crippen molar-refractivity contribution in [2.24, 2.45) is 5.41 Å². The third kappa shape index (κ3) is 4.16. The molecule has 1 saturated heterocycles. The molecule has 2 aromatic rings. The number of carbonyl (C=O) groups is 1. The monoisotopic (exact) mass is 361 g/mol. The molecule has 2 N–H and O–H groups in total. The lowest BCUT2D eigenvalue weighted by molar-refractivity contribution is -0.131. The second-order valence-corrected chi connectivity index (χ2v) is 6.67. The van der Waals surface area contributed by atoms with Crippen LogP contribution in [-0.2, 0) is 11.3 Å². The van der Waals surface area contributed by atoms with E-state index in [4.69, 9.17) is 4.74 Å². The fraction of sp³-hybridized carbons (Fsp3) is 0.368. The number of hydrogen-bond acceptors (Lipinski definition) is 4. The molecule has 1 aliphatic heterocycles. The van der Waals surface area contributed by atoms with Crippen LogP contribution in [0.2, 0.25) is 0 Å². The molecular weight excluding hydrogens is 340 g/mol. The normalized spacial score (nSPS) is 19.8. The van der Waals surface area contributed by atoms with E-state index in [0.29, 0.717) is 12.1 Å². The third-order valence-corrected chi connectivity index (χ3v) is 4.54. The van der Waals surface area contributed by atoms with Gasteiger partial charge in [0.15, 0.2) is 11.6 Å². The molecule has 1 aromatic heterocycles. The van der Waals surface area contributed by atoms with Gasteiger partial charge in [-0.25, -0.2) is 13.8 Å². The van der Waals surface area contributed by atoms with E-state index >= 15 is 0 Å². The molecule has 7 heteroatoms. The van der Waals surface area contributed by atoms with E-state index in [1.54, 1.807) is 12.1 Å². The lowest BCUT2D eigenvalue weighted by Crippen LogP contribution is -2.48. The number of nitrogens with one attached hydrogen (secondary N) is 2. The highest BCUT2D eigenvalue weighted by Crippen LogP contribution is 2.28. The first-order valence-electron chi connectivity index (χ1n) is 8.54. The van der Waals surface area contributed by atoms with Crippen LogP contribution in [0, 0.1) is 17.0 Å². The molecule has 1 fully saturated rings. The van der Waals surface area contributed by atoms with Crippen molar-refractivity contribution in [3.05, 3.63) is 53.7 Å². The molecule has 2 heterocycles. The molecule has 0 spiro atoms. The molecule has 5 nitrogen and oxygen atoms in total. The zero-order valence-electron chi connectivity index (χ0n) is 14.5. The van der Waals surface area contributed by atoms with Gasteiger partial charge in [-0.1, -0.05) is 6.07 Å². The molecule has 0 aliphatic carbocycles. The lowest BCUT2D eigenvalue weighted by atomic mass is 9.82. The van der Waals surface area contributed by atoms with Gasteiger partial charge in [0, 0.05) is 30.9 Å². The lowest BCUT2D eigenvalue weighted by Gasteiger charge is -2.32. The van der Waals surface area contributed by atoms with Gasteiger partial charge in [-0.2, -0.15) is 0 Å². The molecule has 1 atom stereocenters. The average Bonchev–Trinajstić information content (AvgIpc) is 2.63. The number of pyridine rings is 1. The predicted molar refractivity (Wildman–Crippen MR) is 92.7 cm³/mol. The average molecular weight is 361 g/mol. The van der Waals surface area contributed by atoms with Crippen molar-refractivity contribution in [3.63, 3.8) is 0 Å². The number of benzene rings is 1. The van der Waals surface area contributed by atoms with Gasteiger partial charge in [0.05, 0.1) is 5.41 Å². The van der Waals surface area contributed by atoms with Crippen LogP contribution in [0.25, 0.3) is 0 Å². The van der Waals surface area contributed by atoms with E-state index in [-0.39, 0.29) is 24.1 Å². The fourth-order valence-corrected chi connectivity index (χ4v) is 2.95. The van der Waals surface area contributed by atoms with Crippen LogP contribution < -0.4 is 15.4 Å². The maximum absolute atomic E-state index is 13.8. The third-order valence-electron chi connectivity index (χ3n) is 4.54. The van der Waals surface area contributed by atoms with Crippen LogP contribution in [0.4, 0.5) is 8.78 Å². The fourth-order valence-electron chi connectivity index (χ4n) is 2.95. The van der Waals surface area contributed by atoms with Crippen LogP contribution in [0.5, 0.6) is 11.6 Å². The Bertz CT molecular complexity index is 792. The first-order valence-corrected chi connectivity index (χ1v) is 8.54. The van der Waals surface area contributed by atoms with Crippen molar-refractivity contribution in [1.29, 1.82) is 0 Å². The number of amides is 1. The quantitative estimate of drug-likeness (QED) is 0.859. The highest BCUT2D eigenvalue weighted by atomic mass is 19.1. The van der Waals surface area contributed by atoms with Crippen molar-refractivity contribution in [2.75, 3.05) is 13.1 Å². The number of halogens is 2. The van der Waals surface area contributed by atoms with Crippen molar-refractivity contribution < 1.29 is 18.3 Å². The van der Waals surface area contributed by atoms with Gasteiger partial charge in [0.2, 0.25) is 11.8 Å². The van der Waals surface area contributed by atoms with Crippen LogP contribution in [0.1, 0.15) is 25.3 Å². The summed E-state index contributed by atoms with van der Waals surface area (Å²) in [4.78, 5) is 16.6. The second-order valence-electron chi connectivity index (χ2n) is 6.67. The van der Waals surface area contributed by atoms with Crippen molar-refractivity contribution in [1.82, 2.24) is 15.6 Å². The van der Waals surface area contributed by atoms with E-state index in [9.17, 15) is 13.6 Å². The van der Waals surface area contributed by atoms with Crippen molar-refractivity contribution >= 4 is 5.91 Å². The largest absolute Gasteiger partial charge is 0.436 e. The number of nitrogens with zero attached hydrogens (tertiary/aromatic N) is 1. The predicted octanol–water partition coefficient (Wildman–Crippen LogP) is 3.16. The standard InChI is InChI=1S/C19H21F2N3O2/c1-19(7-3-8-22-12-19)18(25)24-11-13-4-2-9-23-17(13)26-16-6-5-14(20)10-15(16)21/h2,4-6,9-10,22H,3,7-8,11-12H2,1H3,(H,24,25)/t19-/m1/s1. The van der Waals surface area contributed by atoms with Crippen LogP contribution in [0.3, 0.4) is 0 Å². The second kappa shape index (κ2) is 7.78. The van der Waals surface area contributed by atoms with Gasteiger partial charge >= 0.3 is 0 Å². The summed E-state index contributed by atoms with van der Waals surface area (Å²) in [5.41, 5.74) is 0.154. The maximum Gasteiger partial charge on any atom is 0.227 e. The Labute approximate surface area is 150 Å². The van der Waals surface area contributed by atoms with Gasteiger partial charge in [0.1, 0.15) is 5.82 Å². The summed E-state index contributed by atoms with van der Waals surface area (Å²) in [6.07, 6.45) is 3.28. The molecule has 1 aromatic carbocycles. The van der Waals surface area contributed by atoms with Gasteiger partial charge in [-0.3, -0.25) is 4.79 Å². The van der Waals surface area contributed by atoms with Crippen LogP contribution in [0.15, 0.2) is 36.5 Å². The summed E-state index contributed by atoms with van der Waals surface area (Å²) < 4.78 is 32.3. The SMILES string of the molecule is C[C@@]1(C(=O)NCc2cccnc2Oc2ccc(F)cc2F)CCCNC1. The molecule has 0 saturated carbocycles. The van der Waals surface area contributed by atoms with Gasteiger partial charge in [0.25, 0.3) is 0 Å². The molecule has 0 unspecified atom stereocenters. The molecule has 138 valence electrons. The summed E-state index contributed by atoms with van der Waals surface area (Å²) in [5.74, 6) is -1.50. The Morgan fingerprint density at radius 1 is 1.38 bits per heavy atom. The zero-order valence-corrected chi connectivity index (χ0v) is 14.5. The van der Waals surface area contributed by atoms with Crippen molar-refractivity contribution in [2.45, 2.75) is 26.3 Å². The van der Waals surface area contributed by atoms with Gasteiger partial charge < -0.3 is 15.4 Å². The molecule has 3 rings (SSSR count). The zero-order chi connectivity index (χ0) is 18.6. The summed E-state index contributed by atoms with van der Waals surface area (Å²) in [7, 11) is 0. The van der Waals surface area contributed by atoms with Crippen molar-refractivity contribution in [3.8, 4) is 11.6 Å². The number of aromatic nitrogens is 1. The Balaban J connectivity index is 1.70. The summed E-state index contributed by atoms with van der Waals surface area (Å²) >= 11 is 0. The van der Waals surface area contributed by atoms with E-state index < -0.39 is 17.0 Å². The number of piperidine rings is 1. The summed E-state index contributed by atoms with van der Waals surface area (Å²) in [6, 6.07) is 6.51. The van der Waals surface area contributed by atoms with E-state index in [1.807, 2.05) is 6.92 Å². The van der Waals surface area contributed by atoms with E-state index in [1.165, 1.54) is 12.3 Å². The molecule has 26 heavy (non-hydrogen) atoms. The van der Waals surface area contributed by atoms with E-state index in [0.717, 1.165) is 31.5 Å². The topological polar surface area (TPSA) is 63.2 Å². The minimum absolute atomic E-state index is 0.0486.